The highest BCUT2D eigenvalue weighted by molar-refractivity contribution is 5.92. The van der Waals surface area contributed by atoms with Crippen LogP contribution in [-0.2, 0) is 29.8 Å². The molecule has 9 heteroatoms. The predicted octanol–water partition coefficient (Wildman–Crippen LogP) is 4.72. The van der Waals surface area contributed by atoms with Crippen molar-refractivity contribution >= 4 is 22.8 Å². The fraction of sp³-hybridized carbons (Fsp3) is 0.486. The van der Waals surface area contributed by atoms with E-state index < -0.39 is 5.60 Å². The number of benzene rings is 1. The van der Waals surface area contributed by atoms with Gasteiger partial charge in [0.15, 0.2) is 5.78 Å². The summed E-state index contributed by atoms with van der Waals surface area (Å²) >= 11 is 0. The fourth-order valence-electron chi connectivity index (χ4n) is 7.78. The summed E-state index contributed by atoms with van der Waals surface area (Å²) < 4.78 is 7.72. The van der Waals surface area contributed by atoms with Gasteiger partial charge in [-0.25, -0.2) is 9.78 Å². The van der Waals surface area contributed by atoms with E-state index in [0.29, 0.717) is 72.3 Å². The van der Waals surface area contributed by atoms with Gasteiger partial charge in [-0.05, 0) is 82.3 Å². The van der Waals surface area contributed by atoms with Crippen molar-refractivity contribution in [2.75, 3.05) is 26.2 Å². The van der Waals surface area contributed by atoms with E-state index >= 15 is 0 Å². The third-order valence-corrected chi connectivity index (χ3v) is 10.3. The Morgan fingerprint density at radius 1 is 1.11 bits per heavy atom. The number of pyridine rings is 2. The highest BCUT2D eigenvalue weighted by Crippen LogP contribution is 2.40. The minimum Gasteiger partial charge on any atom is -0.410 e. The molecule has 0 bridgehead atoms. The summed E-state index contributed by atoms with van der Waals surface area (Å²) in [4.78, 5) is 49.0. The molecule has 3 aromatic rings. The number of allylic oxidation sites excluding steroid dienone is 1. The van der Waals surface area contributed by atoms with Gasteiger partial charge in [0.1, 0.15) is 11.4 Å². The summed E-state index contributed by atoms with van der Waals surface area (Å²) in [6.45, 7) is 9.76. The second-order valence-corrected chi connectivity index (χ2v) is 12.7. The number of carbonyl (C=O) groups is 2. The number of rotatable bonds is 5. The molecule has 0 unspecified atom stereocenters. The lowest BCUT2D eigenvalue weighted by molar-refractivity contribution is -0.140. The first-order valence-corrected chi connectivity index (χ1v) is 16.1. The molecule has 2 aromatic heterocycles. The third-order valence-electron chi connectivity index (χ3n) is 10.3. The van der Waals surface area contributed by atoms with E-state index in [9.17, 15) is 19.5 Å². The first-order valence-electron chi connectivity index (χ1n) is 16.1. The Labute approximate surface area is 257 Å². The van der Waals surface area contributed by atoms with Crippen LogP contribution >= 0.6 is 0 Å². The maximum Gasteiger partial charge on any atom is 0.415 e. The number of amides is 1. The van der Waals surface area contributed by atoms with Gasteiger partial charge in [-0.1, -0.05) is 19.4 Å². The van der Waals surface area contributed by atoms with Gasteiger partial charge >= 0.3 is 6.09 Å². The molecule has 2 fully saturated rings. The van der Waals surface area contributed by atoms with Gasteiger partial charge in [-0.3, -0.25) is 9.59 Å². The van der Waals surface area contributed by atoms with Crippen LogP contribution < -0.4 is 10.3 Å². The van der Waals surface area contributed by atoms with Gasteiger partial charge in [-0.2, -0.15) is 0 Å². The lowest BCUT2D eigenvalue weighted by Gasteiger charge is -2.39. The quantitative estimate of drug-likeness (QED) is 0.333. The molecule has 1 N–H and O–H groups in total. The van der Waals surface area contributed by atoms with Crippen LogP contribution in [0.3, 0.4) is 0 Å². The van der Waals surface area contributed by atoms with Crippen molar-refractivity contribution in [3.63, 3.8) is 0 Å². The zero-order valence-corrected chi connectivity index (χ0v) is 25.4. The number of hydrogen-bond acceptors (Lipinski definition) is 7. The van der Waals surface area contributed by atoms with E-state index in [4.69, 9.17) is 9.72 Å². The summed E-state index contributed by atoms with van der Waals surface area (Å²) in [5.41, 5.74) is 2.79. The number of likely N-dealkylation sites (tertiary alicyclic amines) is 2. The van der Waals surface area contributed by atoms with Gasteiger partial charge in [0.05, 0.1) is 23.4 Å². The summed E-state index contributed by atoms with van der Waals surface area (Å²) in [5, 5.41) is 12.1. The monoisotopic (exact) mass is 596 g/mol. The highest BCUT2D eigenvalue weighted by Gasteiger charge is 2.43. The summed E-state index contributed by atoms with van der Waals surface area (Å²) in [7, 11) is 0. The van der Waals surface area contributed by atoms with Crippen LogP contribution in [0.25, 0.3) is 22.3 Å². The molecule has 1 atom stereocenters. The molecular weight excluding hydrogens is 556 g/mol. The van der Waals surface area contributed by atoms with E-state index in [1.165, 1.54) is 19.3 Å². The molecule has 0 saturated carbocycles. The second-order valence-electron chi connectivity index (χ2n) is 12.7. The van der Waals surface area contributed by atoms with E-state index in [1.807, 2.05) is 17.0 Å². The molecule has 1 aromatic carbocycles. The lowest BCUT2D eigenvalue weighted by Crippen LogP contribution is -2.48. The minimum atomic E-state index is -1.65. The van der Waals surface area contributed by atoms with E-state index in [1.54, 1.807) is 29.7 Å². The molecule has 2 saturated heterocycles. The number of aliphatic hydroxyl groups is 1. The van der Waals surface area contributed by atoms with Crippen LogP contribution in [-0.4, -0.2) is 68.6 Å². The number of Topliss-reactive ketones (excluding diaryl/α,β-unsaturated/α-hetero) is 1. The average Bonchev–Trinajstić information content (AvgIpc) is 3.41. The van der Waals surface area contributed by atoms with Crippen molar-refractivity contribution in [1.82, 2.24) is 19.4 Å². The van der Waals surface area contributed by atoms with Crippen LogP contribution in [0.15, 0.2) is 41.7 Å². The van der Waals surface area contributed by atoms with Crippen LogP contribution in [0.5, 0.6) is 5.75 Å². The number of carbonyl (C=O) groups excluding carboxylic acids is 2. The number of ketones is 1. The lowest BCUT2D eigenvalue weighted by atomic mass is 9.77. The maximum atomic E-state index is 13.6. The van der Waals surface area contributed by atoms with Crippen molar-refractivity contribution < 1.29 is 19.4 Å². The third kappa shape index (κ3) is 4.68. The molecule has 0 spiro atoms. The van der Waals surface area contributed by atoms with Crippen molar-refractivity contribution in [1.29, 1.82) is 0 Å². The molecule has 7 rings (SSSR count). The van der Waals surface area contributed by atoms with Gasteiger partial charge < -0.3 is 24.2 Å². The molecule has 1 aliphatic carbocycles. The molecule has 9 nitrogen and oxygen atoms in total. The van der Waals surface area contributed by atoms with Crippen LogP contribution in [0.1, 0.15) is 74.1 Å². The Balaban J connectivity index is 1.18. The normalized spacial score (nSPS) is 22.0. The molecule has 1 amide bonds. The molecule has 230 valence electrons. The predicted molar refractivity (Wildman–Crippen MR) is 168 cm³/mol. The zero-order chi connectivity index (χ0) is 30.6. The van der Waals surface area contributed by atoms with Gasteiger partial charge in [0.25, 0.3) is 5.56 Å². The molecule has 3 aliphatic heterocycles. The first kappa shape index (κ1) is 28.9. The standard InChI is InChI=1S/C35H40N4O5/c1-3-8-24-26-19-22-21-39-29(20-27-25(33(39)41)9-12-31(40)35(27,43)4-2)32(22)36-28(26)10-11-30(24)44-34(42)38-17-13-23(14-18-38)37-15-6-5-7-16-37/h3,10-11,19-20,23,43H,1,4-9,12-18,21H2,2H3/t35-/m0/s1. The van der Waals surface area contributed by atoms with Gasteiger partial charge in [-0.15, -0.1) is 6.58 Å². The number of nitrogens with zero attached hydrogens (tertiary/aromatic N) is 4. The fourth-order valence-corrected chi connectivity index (χ4v) is 7.78. The van der Waals surface area contributed by atoms with Crippen molar-refractivity contribution in [2.45, 2.75) is 82.9 Å². The SMILES string of the molecule is C=CCc1c(OC(=O)N2CCC(N3CCCCC3)CC2)ccc2nc3c(cc12)Cn1c-3cc2c(c1=O)CCC(=O)[C@]2(O)CC. The Morgan fingerprint density at radius 3 is 2.61 bits per heavy atom. The smallest absolute Gasteiger partial charge is 0.410 e. The topological polar surface area (TPSA) is 105 Å². The van der Waals surface area contributed by atoms with Crippen LogP contribution in [0, 0.1) is 0 Å². The molecule has 44 heavy (non-hydrogen) atoms. The summed E-state index contributed by atoms with van der Waals surface area (Å²) in [6, 6.07) is 8.00. The maximum absolute atomic E-state index is 13.6. The van der Waals surface area contributed by atoms with Gasteiger partial charge in [0, 0.05) is 53.2 Å². The number of fused-ring (bicyclic) bond motifs is 5. The largest absolute Gasteiger partial charge is 0.415 e. The van der Waals surface area contributed by atoms with Crippen LogP contribution in [0.2, 0.25) is 0 Å². The average molecular weight is 597 g/mol. The number of ether oxygens (including phenoxy) is 1. The number of piperidine rings is 2. The van der Waals surface area contributed by atoms with E-state index in [0.717, 1.165) is 42.4 Å². The van der Waals surface area contributed by atoms with Crippen molar-refractivity contribution in [3.05, 3.63) is 69.5 Å². The molecule has 5 heterocycles. The molecule has 4 aliphatic rings. The van der Waals surface area contributed by atoms with E-state index in [2.05, 4.69) is 11.5 Å². The van der Waals surface area contributed by atoms with Gasteiger partial charge in [0.2, 0.25) is 0 Å². The summed E-state index contributed by atoms with van der Waals surface area (Å²) in [6.07, 6.45) is 8.43. The zero-order valence-electron chi connectivity index (χ0n) is 25.4. The minimum absolute atomic E-state index is 0.157. The Hall–Kier alpha value is -3.82. The van der Waals surface area contributed by atoms with E-state index in [-0.39, 0.29) is 30.3 Å². The Morgan fingerprint density at radius 2 is 1.89 bits per heavy atom. The van der Waals surface area contributed by atoms with Crippen molar-refractivity contribution in [2.24, 2.45) is 0 Å². The molecular formula is C35H40N4O5. The highest BCUT2D eigenvalue weighted by atomic mass is 16.6. The molecule has 0 radical (unpaired) electrons. The summed E-state index contributed by atoms with van der Waals surface area (Å²) in [5.74, 6) is 0.251. The van der Waals surface area contributed by atoms with Crippen molar-refractivity contribution in [3.8, 4) is 17.1 Å². The first-order chi connectivity index (χ1) is 21.3. The number of aromatic nitrogens is 2. The van der Waals surface area contributed by atoms with Crippen LogP contribution in [0.4, 0.5) is 4.79 Å². The Kier molecular flexibility index (Phi) is 7.41. The second kappa shape index (κ2) is 11.3. The Bertz CT molecular complexity index is 1730. The number of hydrogen-bond donors (Lipinski definition) is 1.